The molecule has 1 aliphatic rings. The third-order valence-electron chi connectivity index (χ3n) is 5.07. The molecular formula is C25H33N3O4. The highest BCUT2D eigenvalue weighted by molar-refractivity contribution is 5.83. The molecule has 7 nitrogen and oxygen atoms in total. The molecule has 0 spiro atoms. The fourth-order valence-electron chi connectivity index (χ4n) is 3.37. The molecule has 0 aromatic heterocycles. The predicted octanol–water partition coefficient (Wildman–Crippen LogP) is 3.53. The van der Waals surface area contributed by atoms with Crippen molar-refractivity contribution in [2.24, 2.45) is 0 Å². The molecule has 0 saturated carbocycles. The van der Waals surface area contributed by atoms with E-state index in [2.05, 4.69) is 17.6 Å². The van der Waals surface area contributed by atoms with Crippen molar-refractivity contribution in [3.63, 3.8) is 0 Å². The Balaban J connectivity index is 1.38. The third kappa shape index (κ3) is 7.66. The lowest BCUT2D eigenvalue weighted by atomic mass is 10.1. The Labute approximate surface area is 190 Å². The van der Waals surface area contributed by atoms with Crippen molar-refractivity contribution >= 4 is 12.0 Å². The Morgan fingerprint density at radius 1 is 0.969 bits per heavy atom. The van der Waals surface area contributed by atoms with Crippen LogP contribution in [0.4, 0.5) is 4.79 Å². The third-order valence-corrected chi connectivity index (χ3v) is 5.07. The smallest absolute Gasteiger partial charge is 0.410 e. The first-order chi connectivity index (χ1) is 15.3. The van der Waals surface area contributed by atoms with Crippen LogP contribution >= 0.6 is 0 Å². The molecule has 172 valence electrons. The number of nitrogens with zero attached hydrogens (tertiary/aromatic N) is 2. The van der Waals surface area contributed by atoms with E-state index in [0.717, 1.165) is 24.1 Å². The molecule has 3 rings (SSSR count). The molecule has 2 amide bonds. The lowest BCUT2D eigenvalue weighted by molar-refractivity contribution is -0.136. The first-order valence-electron chi connectivity index (χ1n) is 11.0. The Morgan fingerprint density at radius 3 is 2.31 bits per heavy atom. The van der Waals surface area contributed by atoms with Gasteiger partial charge in [-0.2, -0.15) is 0 Å². The molecule has 2 aromatic carbocycles. The van der Waals surface area contributed by atoms with Gasteiger partial charge in [-0.25, -0.2) is 10.3 Å². The van der Waals surface area contributed by atoms with Crippen molar-refractivity contribution in [3.05, 3.63) is 71.3 Å². The van der Waals surface area contributed by atoms with Gasteiger partial charge in [0.15, 0.2) is 0 Å². The monoisotopic (exact) mass is 439 g/mol. The summed E-state index contributed by atoms with van der Waals surface area (Å²) >= 11 is 0. The topological polar surface area (TPSA) is 71.1 Å². The lowest BCUT2D eigenvalue weighted by Gasteiger charge is -2.35. The van der Waals surface area contributed by atoms with E-state index in [9.17, 15) is 9.59 Å². The van der Waals surface area contributed by atoms with Crippen LogP contribution < -0.4 is 5.48 Å². The summed E-state index contributed by atoms with van der Waals surface area (Å²) in [7, 11) is 0. The molecule has 1 heterocycles. The minimum Gasteiger partial charge on any atom is -0.444 e. The van der Waals surface area contributed by atoms with Crippen LogP contribution in [0.3, 0.4) is 0 Å². The summed E-state index contributed by atoms with van der Waals surface area (Å²) in [6, 6.07) is 18.3. The number of hydroxylamine groups is 1. The number of nitrogens with one attached hydrogen (secondary N) is 1. The van der Waals surface area contributed by atoms with Gasteiger partial charge in [0, 0.05) is 26.2 Å². The summed E-state index contributed by atoms with van der Waals surface area (Å²) in [5.74, 6) is -0.0639. The van der Waals surface area contributed by atoms with Gasteiger partial charge in [-0.05, 0) is 43.9 Å². The fourth-order valence-corrected chi connectivity index (χ4v) is 3.37. The maximum Gasteiger partial charge on any atom is 0.410 e. The van der Waals surface area contributed by atoms with E-state index in [4.69, 9.17) is 9.57 Å². The Morgan fingerprint density at radius 2 is 1.66 bits per heavy atom. The summed E-state index contributed by atoms with van der Waals surface area (Å²) in [6.45, 7) is 8.30. The van der Waals surface area contributed by atoms with Crippen molar-refractivity contribution in [1.29, 1.82) is 0 Å². The van der Waals surface area contributed by atoms with E-state index < -0.39 is 11.7 Å². The van der Waals surface area contributed by atoms with E-state index in [1.54, 1.807) is 4.90 Å². The second-order valence-electron chi connectivity index (χ2n) is 8.95. The van der Waals surface area contributed by atoms with Gasteiger partial charge < -0.3 is 9.64 Å². The number of benzene rings is 2. The summed E-state index contributed by atoms with van der Waals surface area (Å²) in [5.41, 5.74) is 5.83. The Kier molecular flexibility index (Phi) is 8.25. The number of hydrogen-bond donors (Lipinski definition) is 1. The van der Waals surface area contributed by atoms with Gasteiger partial charge in [-0.3, -0.25) is 14.5 Å². The molecule has 0 aliphatic carbocycles. The van der Waals surface area contributed by atoms with Crippen LogP contribution in [-0.2, 0) is 33.9 Å². The number of piperazine rings is 1. The molecule has 0 atom stereocenters. The zero-order valence-corrected chi connectivity index (χ0v) is 19.2. The lowest BCUT2D eigenvalue weighted by Crippen LogP contribution is -2.52. The average molecular weight is 440 g/mol. The van der Waals surface area contributed by atoms with Crippen molar-refractivity contribution in [2.75, 3.05) is 26.2 Å². The molecule has 0 unspecified atom stereocenters. The largest absolute Gasteiger partial charge is 0.444 e. The number of hydrogen-bond acceptors (Lipinski definition) is 5. The summed E-state index contributed by atoms with van der Waals surface area (Å²) in [6.07, 6.45) is 0.416. The van der Waals surface area contributed by atoms with Gasteiger partial charge in [-0.1, -0.05) is 54.6 Å². The average Bonchev–Trinajstić information content (AvgIpc) is 2.75. The molecule has 1 fully saturated rings. The number of rotatable bonds is 8. The van der Waals surface area contributed by atoms with Crippen LogP contribution in [-0.4, -0.2) is 53.6 Å². The first-order valence-corrected chi connectivity index (χ1v) is 11.0. The number of carbonyl (C=O) groups excluding carboxylic acids is 2. The van der Waals surface area contributed by atoms with Crippen LogP contribution in [0.25, 0.3) is 0 Å². The zero-order valence-electron chi connectivity index (χ0n) is 19.2. The van der Waals surface area contributed by atoms with Crippen molar-refractivity contribution in [2.45, 2.75) is 45.9 Å². The number of ether oxygens (including phenoxy) is 1. The second-order valence-corrected chi connectivity index (χ2v) is 8.95. The van der Waals surface area contributed by atoms with E-state index >= 15 is 0 Å². The van der Waals surface area contributed by atoms with Crippen LogP contribution in [0, 0.1) is 0 Å². The maximum absolute atomic E-state index is 12.5. The molecular weight excluding hydrogens is 406 g/mol. The van der Waals surface area contributed by atoms with Gasteiger partial charge in [0.1, 0.15) is 12.1 Å². The fraction of sp³-hybridized carbons (Fsp3) is 0.440. The van der Waals surface area contributed by atoms with E-state index in [0.29, 0.717) is 26.2 Å². The quantitative estimate of drug-likeness (QED) is 0.503. The minimum absolute atomic E-state index is 0.0572. The predicted molar refractivity (Wildman–Crippen MR) is 123 cm³/mol. The molecule has 0 radical (unpaired) electrons. The van der Waals surface area contributed by atoms with Gasteiger partial charge >= 0.3 is 6.09 Å². The first kappa shape index (κ1) is 23.8. The normalized spacial score (nSPS) is 14.5. The molecule has 2 aromatic rings. The highest BCUT2D eigenvalue weighted by Gasteiger charge is 2.30. The van der Waals surface area contributed by atoms with Crippen molar-refractivity contribution in [3.8, 4) is 0 Å². The maximum atomic E-state index is 12.5. The van der Waals surface area contributed by atoms with Crippen LogP contribution in [0.2, 0.25) is 0 Å². The highest BCUT2D eigenvalue weighted by atomic mass is 16.6. The van der Waals surface area contributed by atoms with Gasteiger partial charge in [0.25, 0.3) is 0 Å². The Bertz CT molecular complexity index is 878. The zero-order chi connectivity index (χ0) is 23.0. The van der Waals surface area contributed by atoms with Gasteiger partial charge in [0.2, 0.25) is 5.91 Å². The number of amides is 2. The summed E-state index contributed by atoms with van der Waals surface area (Å²) in [4.78, 5) is 33.4. The van der Waals surface area contributed by atoms with Crippen LogP contribution in [0.15, 0.2) is 54.6 Å². The highest BCUT2D eigenvalue weighted by Crippen LogP contribution is 2.15. The van der Waals surface area contributed by atoms with E-state index in [1.165, 1.54) is 10.5 Å². The standard InChI is InChI=1S/C25H33N3O4/c1-25(2,3)32-24(30)28-16-15-27(23(29)18-28)17-21-11-9-20(10-12-21)13-14-26-31-19-22-7-5-4-6-8-22/h4-12,26H,13-19H2,1-3H3. The van der Waals surface area contributed by atoms with E-state index in [-0.39, 0.29) is 12.5 Å². The SMILES string of the molecule is CC(C)(C)OC(=O)N1CCN(Cc2ccc(CCNOCc3ccccc3)cc2)C(=O)C1. The van der Waals surface area contributed by atoms with Crippen molar-refractivity contribution in [1.82, 2.24) is 15.3 Å². The minimum atomic E-state index is -0.567. The van der Waals surface area contributed by atoms with Gasteiger partial charge in [0.05, 0.1) is 6.61 Å². The molecule has 1 aliphatic heterocycles. The van der Waals surface area contributed by atoms with Gasteiger partial charge in [-0.15, -0.1) is 0 Å². The molecule has 1 saturated heterocycles. The molecule has 1 N–H and O–H groups in total. The Hall–Kier alpha value is -2.90. The molecule has 0 bridgehead atoms. The van der Waals surface area contributed by atoms with Crippen molar-refractivity contribution < 1.29 is 19.2 Å². The number of carbonyl (C=O) groups is 2. The summed E-state index contributed by atoms with van der Waals surface area (Å²) < 4.78 is 5.36. The van der Waals surface area contributed by atoms with Crippen LogP contribution in [0.5, 0.6) is 0 Å². The molecule has 7 heteroatoms. The summed E-state index contributed by atoms with van der Waals surface area (Å²) in [5, 5.41) is 0. The second kappa shape index (κ2) is 11.1. The van der Waals surface area contributed by atoms with Crippen LogP contribution in [0.1, 0.15) is 37.5 Å². The van der Waals surface area contributed by atoms with E-state index in [1.807, 2.05) is 63.2 Å². The molecule has 32 heavy (non-hydrogen) atoms.